The van der Waals surface area contributed by atoms with E-state index in [0.717, 1.165) is 44.8 Å². The van der Waals surface area contributed by atoms with E-state index in [2.05, 4.69) is 64.1 Å². The van der Waals surface area contributed by atoms with E-state index < -0.39 is 0 Å². The molecule has 0 N–H and O–H groups in total. The maximum atomic E-state index is 3.29. The van der Waals surface area contributed by atoms with Gasteiger partial charge in [0.05, 0.1) is 6.54 Å². The Morgan fingerprint density at radius 1 is 0.727 bits per heavy atom. The Bertz CT molecular complexity index is 617. The van der Waals surface area contributed by atoms with Gasteiger partial charge in [0.25, 0.3) is 0 Å². The predicted molar refractivity (Wildman–Crippen MR) is 91.5 cm³/mol. The molecule has 0 atom stereocenters. The zero-order chi connectivity index (χ0) is 15.0. The Morgan fingerprint density at radius 2 is 1.32 bits per heavy atom. The van der Waals surface area contributed by atoms with Gasteiger partial charge in [-0.2, -0.15) is 0 Å². The Morgan fingerprint density at radius 3 is 2.00 bits per heavy atom. The van der Waals surface area contributed by atoms with E-state index in [1.54, 1.807) is 0 Å². The molecule has 0 saturated carbocycles. The predicted octanol–water partition coefficient (Wildman–Crippen LogP) is 2.86. The van der Waals surface area contributed by atoms with Crippen LogP contribution in [-0.2, 0) is 6.54 Å². The maximum absolute atomic E-state index is 3.29. The summed E-state index contributed by atoms with van der Waals surface area (Å²) in [5, 5.41) is 0. The van der Waals surface area contributed by atoms with E-state index in [1.165, 1.54) is 5.56 Å². The quantitative estimate of drug-likeness (QED) is 0.802. The molecule has 0 spiro atoms. The van der Waals surface area contributed by atoms with Gasteiger partial charge in [0, 0.05) is 38.3 Å². The van der Waals surface area contributed by atoms with E-state index in [9.17, 15) is 0 Å². The molecule has 2 aromatic carbocycles. The minimum atomic E-state index is 0.869. The topological polar surface area (TPSA) is 6.48 Å². The number of rotatable bonds is 3. The maximum Gasteiger partial charge on any atom is 0.0606 e. The molecule has 0 aliphatic carbocycles. The zero-order valence-electron chi connectivity index (χ0n) is 12.9. The van der Waals surface area contributed by atoms with Gasteiger partial charge in [0.1, 0.15) is 0 Å². The molecule has 2 aromatic rings. The lowest BCUT2D eigenvalue weighted by molar-refractivity contribution is 0.138. The second-order valence-electron chi connectivity index (χ2n) is 5.71. The van der Waals surface area contributed by atoms with Crippen LogP contribution in [0.15, 0.2) is 60.7 Å². The molecular formula is C20H22N2. The van der Waals surface area contributed by atoms with Crippen LogP contribution in [0.5, 0.6) is 0 Å². The van der Waals surface area contributed by atoms with Crippen molar-refractivity contribution in [2.24, 2.45) is 0 Å². The molecule has 1 aliphatic heterocycles. The molecule has 0 aromatic heterocycles. The van der Waals surface area contributed by atoms with E-state index in [-0.39, 0.29) is 0 Å². The van der Waals surface area contributed by atoms with Gasteiger partial charge in [-0.3, -0.25) is 9.80 Å². The molecule has 22 heavy (non-hydrogen) atoms. The van der Waals surface area contributed by atoms with Gasteiger partial charge in [-0.05, 0) is 17.7 Å². The second kappa shape index (κ2) is 7.79. The van der Waals surface area contributed by atoms with Crippen LogP contribution in [0.3, 0.4) is 0 Å². The first-order chi connectivity index (χ1) is 10.9. The molecule has 0 unspecified atom stereocenters. The van der Waals surface area contributed by atoms with E-state index in [1.807, 2.05) is 18.2 Å². The van der Waals surface area contributed by atoms with Crippen LogP contribution >= 0.6 is 0 Å². The van der Waals surface area contributed by atoms with Gasteiger partial charge in [-0.1, -0.05) is 60.4 Å². The normalized spacial score (nSPS) is 16.0. The number of hydrogen-bond acceptors (Lipinski definition) is 2. The lowest BCUT2D eigenvalue weighted by atomic mass is 10.2. The molecule has 112 valence electrons. The van der Waals surface area contributed by atoms with Crippen molar-refractivity contribution in [1.82, 2.24) is 9.80 Å². The van der Waals surface area contributed by atoms with Crippen molar-refractivity contribution in [2.75, 3.05) is 32.7 Å². The van der Waals surface area contributed by atoms with E-state index in [0.29, 0.717) is 0 Å². The largest absolute Gasteiger partial charge is 0.297 e. The van der Waals surface area contributed by atoms with Gasteiger partial charge in [-0.15, -0.1) is 0 Å². The number of piperazine rings is 1. The zero-order valence-corrected chi connectivity index (χ0v) is 12.9. The molecule has 2 nitrogen and oxygen atoms in total. The minimum absolute atomic E-state index is 0.869. The van der Waals surface area contributed by atoms with Crippen LogP contribution in [0.25, 0.3) is 0 Å². The van der Waals surface area contributed by atoms with Crippen LogP contribution in [0, 0.1) is 11.8 Å². The average Bonchev–Trinajstić information content (AvgIpc) is 2.58. The van der Waals surface area contributed by atoms with Crippen molar-refractivity contribution < 1.29 is 0 Å². The lowest BCUT2D eigenvalue weighted by Crippen LogP contribution is -2.45. The van der Waals surface area contributed by atoms with Crippen molar-refractivity contribution in [3.63, 3.8) is 0 Å². The minimum Gasteiger partial charge on any atom is -0.297 e. The second-order valence-corrected chi connectivity index (χ2v) is 5.71. The Kier molecular flexibility index (Phi) is 5.26. The third kappa shape index (κ3) is 4.46. The van der Waals surface area contributed by atoms with Crippen LogP contribution in [0.1, 0.15) is 11.1 Å². The van der Waals surface area contributed by atoms with E-state index >= 15 is 0 Å². The van der Waals surface area contributed by atoms with Crippen LogP contribution < -0.4 is 0 Å². The molecule has 1 fully saturated rings. The summed E-state index contributed by atoms with van der Waals surface area (Å²) in [6.07, 6.45) is 0. The summed E-state index contributed by atoms with van der Waals surface area (Å²) in [5.41, 5.74) is 2.50. The van der Waals surface area contributed by atoms with Crippen molar-refractivity contribution in [3.05, 3.63) is 71.8 Å². The molecule has 0 bridgehead atoms. The smallest absolute Gasteiger partial charge is 0.0606 e. The first-order valence-corrected chi connectivity index (χ1v) is 7.93. The number of nitrogens with zero attached hydrogens (tertiary/aromatic N) is 2. The SMILES string of the molecule is C(#Cc1ccccc1)CN1CCN(Cc2ccccc2)CC1. The van der Waals surface area contributed by atoms with E-state index in [4.69, 9.17) is 0 Å². The summed E-state index contributed by atoms with van der Waals surface area (Å²) in [5.74, 6) is 6.53. The Labute approximate surface area is 133 Å². The fourth-order valence-electron chi connectivity index (χ4n) is 2.72. The molecule has 1 heterocycles. The summed E-state index contributed by atoms with van der Waals surface area (Å²) in [7, 11) is 0. The first kappa shape index (κ1) is 14.8. The third-order valence-corrected chi connectivity index (χ3v) is 4.02. The lowest BCUT2D eigenvalue weighted by Gasteiger charge is -2.33. The standard InChI is InChI=1S/C20H22N2/c1-3-8-19(9-4-1)12-7-13-21-14-16-22(17-15-21)18-20-10-5-2-6-11-20/h1-6,8-11H,13-18H2. The highest BCUT2D eigenvalue weighted by Crippen LogP contribution is 2.08. The van der Waals surface area contributed by atoms with Crippen LogP contribution in [-0.4, -0.2) is 42.5 Å². The highest BCUT2D eigenvalue weighted by molar-refractivity contribution is 5.33. The van der Waals surface area contributed by atoms with Crippen molar-refractivity contribution in [2.45, 2.75) is 6.54 Å². The van der Waals surface area contributed by atoms with Gasteiger partial charge < -0.3 is 0 Å². The van der Waals surface area contributed by atoms with Gasteiger partial charge in [-0.25, -0.2) is 0 Å². The summed E-state index contributed by atoms with van der Waals surface area (Å²) in [4.78, 5) is 4.97. The fourth-order valence-corrected chi connectivity index (χ4v) is 2.72. The highest BCUT2D eigenvalue weighted by Gasteiger charge is 2.15. The highest BCUT2D eigenvalue weighted by atomic mass is 15.3. The third-order valence-electron chi connectivity index (χ3n) is 4.02. The van der Waals surface area contributed by atoms with Crippen LogP contribution in [0.4, 0.5) is 0 Å². The molecule has 0 radical (unpaired) electrons. The molecular weight excluding hydrogens is 268 g/mol. The summed E-state index contributed by atoms with van der Waals surface area (Å²) in [6, 6.07) is 20.9. The number of hydrogen-bond donors (Lipinski definition) is 0. The molecule has 1 aliphatic rings. The Balaban J connectivity index is 1.43. The van der Waals surface area contributed by atoms with Gasteiger partial charge in [0.2, 0.25) is 0 Å². The summed E-state index contributed by atoms with van der Waals surface area (Å²) in [6.45, 7) is 6.40. The molecule has 0 amide bonds. The molecule has 2 heteroatoms. The monoisotopic (exact) mass is 290 g/mol. The average molecular weight is 290 g/mol. The Hall–Kier alpha value is -2.08. The van der Waals surface area contributed by atoms with Crippen molar-refractivity contribution >= 4 is 0 Å². The van der Waals surface area contributed by atoms with Crippen molar-refractivity contribution in [3.8, 4) is 11.8 Å². The fraction of sp³-hybridized carbons (Fsp3) is 0.300. The first-order valence-electron chi connectivity index (χ1n) is 7.93. The molecule has 1 saturated heterocycles. The molecule has 3 rings (SSSR count). The number of benzene rings is 2. The van der Waals surface area contributed by atoms with Crippen LogP contribution in [0.2, 0.25) is 0 Å². The van der Waals surface area contributed by atoms with Crippen molar-refractivity contribution in [1.29, 1.82) is 0 Å². The van der Waals surface area contributed by atoms with Gasteiger partial charge in [0.15, 0.2) is 0 Å². The van der Waals surface area contributed by atoms with Gasteiger partial charge >= 0.3 is 0 Å². The summed E-state index contributed by atoms with van der Waals surface area (Å²) >= 11 is 0. The summed E-state index contributed by atoms with van der Waals surface area (Å²) < 4.78 is 0.